The van der Waals surface area contributed by atoms with Crippen molar-refractivity contribution in [1.29, 1.82) is 0 Å². The monoisotopic (exact) mass is 498 g/mol. The highest BCUT2D eigenvalue weighted by Gasteiger charge is 2.23. The maximum absolute atomic E-state index is 13.5. The first-order chi connectivity index (χ1) is 18.0. The van der Waals surface area contributed by atoms with E-state index >= 15 is 0 Å². The van der Waals surface area contributed by atoms with Crippen LogP contribution in [0.15, 0.2) is 72.8 Å². The Morgan fingerprint density at radius 1 is 1.03 bits per heavy atom. The molecule has 0 spiro atoms. The average Bonchev–Trinajstić information content (AvgIpc) is 2.91. The number of unbranched alkanes of at least 4 members (excludes halogenated alkanes) is 1. The number of halogens is 1. The van der Waals surface area contributed by atoms with Gasteiger partial charge in [0.15, 0.2) is 0 Å². The number of benzene rings is 3. The molecule has 5 rings (SSSR count). The molecule has 6 nitrogen and oxygen atoms in total. The van der Waals surface area contributed by atoms with Gasteiger partial charge in [-0.25, -0.2) is 9.37 Å². The average molecular weight is 499 g/mol. The van der Waals surface area contributed by atoms with E-state index < -0.39 is 5.97 Å². The van der Waals surface area contributed by atoms with E-state index in [-0.39, 0.29) is 24.2 Å². The Balaban J connectivity index is 1.43. The standard InChI is InChI=1S/C30H27FN2O4/c31-23-12-9-19(10-13-23)29-20(5-1-4-8-28(34)35)17-22-18-21(11-14-25(22)32-29)30(36)33-26-15-16-37-27-7-3-2-6-24(26)27/h2-3,6-7,9-14,17-18,26H,1,4-5,8,15-16H2,(H,33,36)(H,34,35). The van der Waals surface area contributed by atoms with Crippen molar-refractivity contribution < 1.29 is 23.8 Å². The van der Waals surface area contributed by atoms with Gasteiger partial charge in [-0.2, -0.15) is 0 Å². The normalized spacial score (nSPS) is 14.6. The van der Waals surface area contributed by atoms with Gasteiger partial charge >= 0.3 is 5.97 Å². The summed E-state index contributed by atoms with van der Waals surface area (Å²) in [7, 11) is 0. The number of fused-ring (bicyclic) bond motifs is 2. The second-order valence-corrected chi connectivity index (χ2v) is 9.21. The minimum Gasteiger partial charge on any atom is -0.493 e. The third kappa shape index (κ3) is 5.61. The molecule has 0 bridgehead atoms. The fraction of sp³-hybridized carbons (Fsp3) is 0.233. The van der Waals surface area contributed by atoms with Crippen molar-refractivity contribution in [3.05, 3.63) is 95.3 Å². The van der Waals surface area contributed by atoms with Crippen LogP contribution in [0.3, 0.4) is 0 Å². The highest BCUT2D eigenvalue weighted by Crippen LogP contribution is 2.32. The fourth-order valence-electron chi connectivity index (χ4n) is 4.74. The maximum atomic E-state index is 13.5. The van der Waals surface area contributed by atoms with E-state index in [0.29, 0.717) is 37.9 Å². The van der Waals surface area contributed by atoms with Crippen LogP contribution in [0.2, 0.25) is 0 Å². The third-order valence-corrected chi connectivity index (χ3v) is 6.62. The molecular weight excluding hydrogens is 471 g/mol. The Labute approximate surface area is 214 Å². The first kappa shape index (κ1) is 24.4. The lowest BCUT2D eigenvalue weighted by atomic mass is 9.97. The Hall–Kier alpha value is -4.26. The largest absolute Gasteiger partial charge is 0.493 e. The molecule has 1 aromatic heterocycles. The van der Waals surface area contributed by atoms with Gasteiger partial charge in [0.05, 0.1) is 23.9 Å². The molecule has 0 saturated carbocycles. The number of hydrogen-bond donors (Lipinski definition) is 2. The Morgan fingerprint density at radius 2 is 1.84 bits per heavy atom. The highest BCUT2D eigenvalue weighted by molar-refractivity contribution is 5.98. The number of aliphatic carboxylic acids is 1. The van der Waals surface area contributed by atoms with Crippen LogP contribution in [0.4, 0.5) is 4.39 Å². The van der Waals surface area contributed by atoms with E-state index in [9.17, 15) is 14.0 Å². The number of hydrogen-bond acceptors (Lipinski definition) is 4. The van der Waals surface area contributed by atoms with Crippen molar-refractivity contribution in [2.45, 2.75) is 38.1 Å². The molecule has 1 amide bonds. The number of amides is 1. The molecule has 1 aliphatic heterocycles. The molecular formula is C30H27FN2O4. The van der Waals surface area contributed by atoms with Gasteiger partial charge in [0.2, 0.25) is 0 Å². The van der Waals surface area contributed by atoms with E-state index in [1.165, 1.54) is 12.1 Å². The number of nitrogens with one attached hydrogen (secondary N) is 1. The number of nitrogens with zero attached hydrogens (tertiary/aromatic N) is 1. The highest BCUT2D eigenvalue weighted by atomic mass is 19.1. The van der Waals surface area contributed by atoms with Gasteiger partial charge in [-0.05, 0) is 79.4 Å². The number of aryl methyl sites for hydroxylation is 1. The minimum atomic E-state index is -0.821. The zero-order chi connectivity index (χ0) is 25.8. The topological polar surface area (TPSA) is 88.5 Å². The van der Waals surface area contributed by atoms with Crippen LogP contribution in [0.1, 0.15) is 53.2 Å². The van der Waals surface area contributed by atoms with Gasteiger partial charge < -0.3 is 15.2 Å². The summed E-state index contributed by atoms with van der Waals surface area (Å²) in [6.07, 6.45) is 2.65. The predicted molar refractivity (Wildman–Crippen MR) is 139 cm³/mol. The smallest absolute Gasteiger partial charge is 0.303 e. The van der Waals surface area contributed by atoms with E-state index in [4.69, 9.17) is 14.8 Å². The number of para-hydroxylation sites is 1. The first-order valence-electron chi connectivity index (χ1n) is 12.4. The summed E-state index contributed by atoms with van der Waals surface area (Å²) in [6.45, 7) is 0.543. The van der Waals surface area contributed by atoms with Gasteiger partial charge in [-0.3, -0.25) is 9.59 Å². The molecule has 0 saturated heterocycles. The summed E-state index contributed by atoms with van der Waals surface area (Å²) in [5.41, 5.74) is 4.68. The van der Waals surface area contributed by atoms with Crippen molar-refractivity contribution in [3.8, 4) is 17.0 Å². The SMILES string of the molecule is O=C(O)CCCCc1cc2cc(C(=O)NC3CCOc4ccccc43)ccc2nc1-c1ccc(F)cc1. The zero-order valence-corrected chi connectivity index (χ0v) is 20.2. The number of ether oxygens (including phenoxy) is 1. The number of carboxylic acid groups (broad SMARTS) is 1. The molecule has 3 aromatic carbocycles. The van der Waals surface area contributed by atoms with Crippen LogP contribution in [-0.2, 0) is 11.2 Å². The maximum Gasteiger partial charge on any atom is 0.303 e. The molecule has 2 heterocycles. The molecule has 2 N–H and O–H groups in total. The molecule has 4 aromatic rings. The summed E-state index contributed by atoms with van der Waals surface area (Å²) >= 11 is 0. The predicted octanol–water partition coefficient (Wildman–Crippen LogP) is 6.09. The number of aromatic nitrogens is 1. The number of carbonyl (C=O) groups is 2. The van der Waals surface area contributed by atoms with Crippen LogP contribution in [0, 0.1) is 5.82 Å². The third-order valence-electron chi connectivity index (χ3n) is 6.62. The summed E-state index contributed by atoms with van der Waals surface area (Å²) < 4.78 is 19.2. The zero-order valence-electron chi connectivity index (χ0n) is 20.2. The summed E-state index contributed by atoms with van der Waals surface area (Å²) in [6, 6.07) is 21.2. The lowest BCUT2D eigenvalue weighted by molar-refractivity contribution is -0.137. The molecule has 0 radical (unpaired) electrons. The molecule has 1 atom stereocenters. The van der Waals surface area contributed by atoms with Gasteiger partial charge in [-0.1, -0.05) is 18.2 Å². The second-order valence-electron chi connectivity index (χ2n) is 9.21. The van der Waals surface area contributed by atoms with Crippen LogP contribution in [0.25, 0.3) is 22.2 Å². The number of carbonyl (C=O) groups excluding carboxylic acids is 1. The van der Waals surface area contributed by atoms with E-state index in [2.05, 4.69) is 5.32 Å². The number of pyridine rings is 1. The van der Waals surface area contributed by atoms with Gasteiger partial charge in [0.25, 0.3) is 5.91 Å². The van der Waals surface area contributed by atoms with E-state index in [0.717, 1.165) is 39.0 Å². The van der Waals surface area contributed by atoms with Crippen LogP contribution in [-0.4, -0.2) is 28.6 Å². The van der Waals surface area contributed by atoms with Crippen molar-refractivity contribution in [3.63, 3.8) is 0 Å². The lowest BCUT2D eigenvalue weighted by Crippen LogP contribution is -2.32. The van der Waals surface area contributed by atoms with Crippen LogP contribution < -0.4 is 10.1 Å². The van der Waals surface area contributed by atoms with Crippen LogP contribution >= 0.6 is 0 Å². The van der Waals surface area contributed by atoms with E-state index in [1.807, 2.05) is 42.5 Å². The Bertz CT molecular complexity index is 1450. The number of carboxylic acids is 1. The fourth-order valence-corrected chi connectivity index (χ4v) is 4.74. The van der Waals surface area contributed by atoms with Crippen molar-refractivity contribution in [2.24, 2.45) is 0 Å². The molecule has 0 fully saturated rings. The molecule has 0 aliphatic carbocycles. The molecule has 188 valence electrons. The van der Waals surface area contributed by atoms with Crippen LogP contribution in [0.5, 0.6) is 5.75 Å². The number of rotatable bonds is 8. The summed E-state index contributed by atoms with van der Waals surface area (Å²) in [5.74, 6) is -0.523. The van der Waals surface area contributed by atoms with Crippen molar-refractivity contribution >= 4 is 22.8 Å². The van der Waals surface area contributed by atoms with Gasteiger partial charge in [-0.15, -0.1) is 0 Å². The molecule has 1 aliphatic rings. The Morgan fingerprint density at radius 3 is 2.65 bits per heavy atom. The second kappa shape index (κ2) is 10.8. The van der Waals surface area contributed by atoms with Crippen molar-refractivity contribution in [2.75, 3.05) is 6.61 Å². The van der Waals surface area contributed by atoms with Gasteiger partial charge in [0.1, 0.15) is 11.6 Å². The summed E-state index contributed by atoms with van der Waals surface area (Å²) in [5, 5.41) is 12.9. The van der Waals surface area contributed by atoms with Crippen molar-refractivity contribution in [1.82, 2.24) is 10.3 Å². The molecule has 7 heteroatoms. The molecule has 37 heavy (non-hydrogen) atoms. The Kier molecular flexibility index (Phi) is 7.12. The summed E-state index contributed by atoms with van der Waals surface area (Å²) in [4.78, 5) is 29.0. The minimum absolute atomic E-state index is 0.104. The quantitative estimate of drug-likeness (QED) is 0.287. The van der Waals surface area contributed by atoms with Gasteiger partial charge in [0, 0.05) is 34.9 Å². The lowest BCUT2D eigenvalue weighted by Gasteiger charge is -2.26. The first-order valence-corrected chi connectivity index (χ1v) is 12.4. The molecule has 1 unspecified atom stereocenters. The van der Waals surface area contributed by atoms with E-state index in [1.54, 1.807) is 18.2 Å².